The number of fused-ring (bicyclic) bond motifs is 1. The summed E-state index contributed by atoms with van der Waals surface area (Å²) in [5, 5.41) is 5.77. The van der Waals surface area contributed by atoms with Gasteiger partial charge < -0.3 is 0 Å². The van der Waals surface area contributed by atoms with E-state index in [1.165, 1.54) is 29.6 Å². The number of rotatable bonds is 3. The van der Waals surface area contributed by atoms with E-state index in [0.29, 0.717) is 6.04 Å². The predicted octanol–water partition coefficient (Wildman–Crippen LogP) is 1.94. The van der Waals surface area contributed by atoms with Crippen LogP contribution in [-0.2, 0) is 12.8 Å². The molecule has 3 aliphatic rings. The van der Waals surface area contributed by atoms with E-state index >= 15 is 0 Å². The second-order valence-corrected chi connectivity index (χ2v) is 12.4. The van der Waals surface area contributed by atoms with E-state index in [-0.39, 0.29) is 21.2 Å². The van der Waals surface area contributed by atoms with Gasteiger partial charge in [-0.05, 0) is 0 Å². The Hall–Kier alpha value is -1.74. The SMILES string of the molecule is Clc1ccc2c(c1)CC(N1CCC3=C(C1)[I-]CC(c1ccc(-n4cncn4)cc1Cl)=N3)CC2. The summed E-state index contributed by atoms with van der Waals surface area (Å²) in [6.45, 7) is 2.16. The van der Waals surface area contributed by atoms with Crippen LogP contribution in [0, 0.1) is 0 Å². The minimum absolute atomic E-state index is 0.0786. The zero-order chi connectivity index (χ0) is 22.4. The van der Waals surface area contributed by atoms with Crippen molar-refractivity contribution in [2.45, 2.75) is 31.7 Å². The van der Waals surface area contributed by atoms with Crippen LogP contribution in [0.1, 0.15) is 29.5 Å². The Balaban J connectivity index is 1.19. The maximum absolute atomic E-state index is 6.67. The number of nitrogens with zero attached hydrogens (tertiary/aromatic N) is 5. The van der Waals surface area contributed by atoms with Crippen LogP contribution >= 0.6 is 23.2 Å². The molecule has 0 saturated heterocycles. The molecule has 2 aliphatic heterocycles. The van der Waals surface area contributed by atoms with Crippen LogP contribution in [0.2, 0.25) is 10.0 Å². The molecule has 3 heterocycles. The average molecular weight is 591 g/mol. The standard InChI is InChI=1S/C25H23Cl2IN5/c26-18-3-1-16-2-4-19(10-17(16)9-18)32-8-7-24-23(13-32)28-12-25(31-24)21-6-5-20(11-22(21)27)33-15-29-14-30-33/h1,3,5-6,9,11,14-15,19H,2,4,7-8,10,12-13H2/q-1. The van der Waals surface area contributed by atoms with Crippen LogP contribution in [0.4, 0.5) is 0 Å². The number of benzene rings is 2. The van der Waals surface area contributed by atoms with E-state index in [1.54, 1.807) is 14.6 Å². The van der Waals surface area contributed by atoms with Crippen LogP contribution in [0.25, 0.3) is 5.69 Å². The van der Waals surface area contributed by atoms with Crippen molar-refractivity contribution < 1.29 is 21.2 Å². The monoisotopic (exact) mass is 590 g/mol. The van der Waals surface area contributed by atoms with E-state index in [4.69, 9.17) is 28.2 Å². The van der Waals surface area contributed by atoms with Crippen LogP contribution in [-0.4, -0.2) is 48.9 Å². The van der Waals surface area contributed by atoms with E-state index in [1.807, 2.05) is 18.2 Å². The van der Waals surface area contributed by atoms with E-state index in [2.05, 4.69) is 33.2 Å². The first-order valence-electron chi connectivity index (χ1n) is 11.2. The van der Waals surface area contributed by atoms with Crippen molar-refractivity contribution in [3.63, 3.8) is 0 Å². The number of aliphatic imine (C=N–C) groups is 1. The van der Waals surface area contributed by atoms with Gasteiger partial charge in [-0.3, -0.25) is 0 Å². The summed E-state index contributed by atoms with van der Waals surface area (Å²) < 4.78 is 4.37. The third kappa shape index (κ3) is 4.38. The molecule has 0 amide bonds. The van der Waals surface area contributed by atoms with Crippen molar-refractivity contribution in [2.75, 3.05) is 17.5 Å². The zero-order valence-electron chi connectivity index (χ0n) is 18.0. The molecule has 0 saturated carbocycles. The Morgan fingerprint density at radius 1 is 1.03 bits per heavy atom. The summed E-state index contributed by atoms with van der Waals surface area (Å²) in [6, 6.07) is 13.1. The van der Waals surface area contributed by atoms with Crippen molar-refractivity contribution >= 4 is 28.9 Å². The molecule has 8 heteroatoms. The first-order chi connectivity index (χ1) is 16.1. The summed E-state index contributed by atoms with van der Waals surface area (Å²) in [5.41, 5.74) is 7.33. The Morgan fingerprint density at radius 2 is 1.97 bits per heavy atom. The third-order valence-electron chi connectivity index (χ3n) is 6.75. The third-order valence-corrected chi connectivity index (χ3v) is 10.3. The summed E-state index contributed by atoms with van der Waals surface area (Å²) in [5.74, 6) is 0. The van der Waals surface area contributed by atoms with Crippen molar-refractivity contribution in [3.05, 3.63) is 85.1 Å². The fourth-order valence-corrected chi connectivity index (χ4v) is 8.38. The first-order valence-corrected chi connectivity index (χ1v) is 14.5. The molecule has 0 bridgehead atoms. The van der Waals surface area contributed by atoms with Gasteiger partial charge in [0.2, 0.25) is 0 Å². The normalized spacial score (nSPS) is 21.2. The van der Waals surface area contributed by atoms with Gasteiger partial charge >= 0.3 is 215 Å². The first kappa shape index (κ1) is 21.8. The van der Waals surface area contributed by atoms with Crippen LogP contribution in [0.3, 0.4) is 0 Å². The Morgan fingerprint density at radius 3 is 2.82 bits per heavy atom. The van der Waals surface area contributed by atoms with Gasteiger partial charge in [0.25, 0.3) is 0 Å². The maximum atomic E-state index is 6.67. The Bertz CT molecular complexity index is 1270. The van der Waals surface area contributed by atoms with Gasteiger partial charge in [-0.1, -0.05) is 0 Å². The summed E-state index contributed by atoms with van der Waals surface area (Å²) in [4.78, 5) is 11.8. The molecule has 33 heavy (non-hydrogen) atoms. The molecule has 5 nitrogen and oxygen atoms in total. The molecule has 0 radical (unpaired) electrons. The van der Waals surface area contributed by atoms with Crippen molar-refractivity contribution in [2.24, 2.45) is 4.99 Å². The molecule has 1 atom stereocenters. The van der Waals surface area contributed by atoms with Crippen LogP contribution in [0.15, 0.2) is 63.3 Å². The molecule has 1 unspecified atom stereocenters. The number of alkyl halides is 1. The molecule has 0 fully saturated rings. The van der Waals surface area contributed by atoms with E-state index in [0.717, 1.165) is 63.8 Å². The molecular formula is C25H23Cl2IN5-. The van der Waals surface area contributed by atoms with Crippen molar-refractivity contribution in [1.29, 1.82) is 0 Å². The predicted molar refractivity (Wildman–Crippen MR) is 128 cm³/mol. The van der Waals surface area contributed by atoms with Crippen LogP contribution < -0.4 is 21.2 Å². The topological polar surface area (TPSA) is 46.3 Å². The van der Waals surface area contributed by atoms with Gasteiger partial charge in [-0.2, -0.15) is 0 Å². The summed E-state index contributed by atoms with van der Waals surface area (Å²) >= 11 is 12.9. The summed E-state index contributed by atoms with van der Waals surface area (Å²) in [6.07, 6.45) is 7.74. The summed E-state index contributed by atoms with van der Waals surface area (Å²) in [7, 11) is 0. The van der Waals surface area contributed by atoms with Crippen molar-refractivity contribution in [1.82, 2.24) is 19.7 Å². The molecule has 1 aromatic heterocycles. The van der Waals surface area contributed by atoms with Crippen LogP contribution in [0.5, 0.6) is 0 Å². The van der Waals surface area contributed by atoms with Gasteiger partial charge in [0, 0.05) is 0 Å². The number of aryl methyl sites for hydroxylation is 1. The molecule has 3 aromatic rings. The average Bonchev–Trinajstić information content (AvgIpc) is 3.38. The number of hydrogen-bond donors (Lipinski definition) is 0. The minimum atomic E-state index is -0.0786. The molecule has 0 N–H and O–H groups in total. The van der Waals surface area contributed by atoms with E-state index in [9.17, 15) is 0 Å². The number of hydrogen-bond acceptors (Lipinski definition) is 4. The van der Waals surface area contributed by atoms with Gasteiger partial charge in [0.05, 0.1) is 0 Å². The second kappa shape index (κ2) is 9.13. The fraction of sp³-hybridized carbons (Fsp3) is 0.320. The van der Waals surface area contributed by atoms with Gasteiger partial charge in [-0.15, -0.1) is 0 Å². The molecule has 0 spiro atoms. The number of halogens is 3. The molecule has 6 rings (SSSR count). The van der Waals surface area contributed by atoms with Gasteiger partial charge in [0.15, 0.2) is 0 Å². The Labute approximate surface area is 213 Å². The molecular weight excluding hydrogens is 568 g/mol. The van der Waals surface area contributed by atoms with Crippen molar-refractivity contribution in [3.8, 4) is 5.69 Å². The number of aromatic nitrogens is 3. The second-order valence-electron chi connectivity index (χ2n) is 8.71. The molecule has 1 aliphatic carbocycles. The quantitative estimate of drug-likeness (QED) is 0.346. The zero-order valence-corrected chi connectivity index (χ0v) is 21.7. The van der Waals surface area contributed by atoms with Gasteiger partial charge in [-0.25, -0.2) is 0 Å². The molecule has 2 aromatic carbocycles. The molecule has 170 valence electrons. The van der Waals surface area contributed by atoms with Gasteiger partial charge in [0.1, 0.15) is 0 Å². The Kier molecular flexibility index (Phi) is 6.03. The van der Waals surface area contributed by atoms with E-state index < -0.39 is 0 Å². The fourth-order valence-electron chi connectivity index (χ4n) is 4.99.